The van der Waals surface area contributed by atoms with Gasteiger partial charge in [0.25, 0.3) is 11.6 Å². The van der Waals surface area contributed by atoms with E-state index in [2.05, 4.69) is 10.6 Å². The monoisotopic (exact) mass is 234 g/mol. The zero-order chi connectivity index (χ0) is 11.2. The Labute approximate surface area is 90.0 Å². The summed E-state index contributed by atoms with van der Waals surface area (Å²) in [5, 5.41) is 32.7. The minimum Gasteiger partial charge on any atom is -0.394 e. The van der Waals surface area contributed by atoms with Crippen LogP contribution in [-0.2, 0) is 9.53 Å². The fourth-order valence-corrected chi connectivity index (χ4v) is 1.96. The average Bonchev–Trinajstić information content (AvgIpc) is 2.60. The van der Waals surface area contributed by atoms with Crippen molar-refractivity contribution in [2.45, 2.75) is 24.0 Å². The molecule has 8 heteroatoms. The lowest BCUT2D eigenvalue weighted by Gasteiger charge is -2.23. The topological polar surface area (TPSA) is 111 Å². The number of aliphatic hydroxyl groups excluding tert-OH is 3. The predicted octanol–water partition coefficient (Wildman–Crippen LogP) is -3.20. The summed E-state index contributed by atoms with van der Waals surface area (Å²) in [5.41, 5.74) is -1.77. The molecule has 5 N–H and O–H groups in total. The molecule has 0 bridgehead atoms. The van der Waals surface area contributed by atoms with Crippen molar-refractivity contribution in [1.29, 1.82) is 0 Å². The van der Waals surface area contributed by atoms with Crippen LogP contribution >= 0.6 is 12.2 Å². The van der Waals surface area contributed by atoms with Crippen molar-refractivity contribution in [2.75, 3.05) is 6.61 Å². The SMILES string of the molecule is O=C1NC(=S)NC12O[C@H](CO)[C@@H](O)[C@H]2O. The highest BCUT2D eigenvalue weighted by Gasteiger charge is 2.62. The average molecular weight is 234 g/mol. The van der Waals surface area contributed by atoms with E-state index in [0.717, 1.165) is 0 Å². The second-order valence-electron chi connectivity index (χ2n) is 3.42. The number of nitrogens with one attached hydrogen (secondary N) is 2. The third-order valence-corrected chi connectivity index (χ3v) is 2.71. The molecule has 1 spiro atoms. The zero-order valence-electron chi connectivity index (χ0n) is 7.51. The molecule has 0 aromatic rings. The zero-order valence-corrected chi connectivity index (χ0v) is 8.32. The number of carbonyl (C=O) groups is 1. The molecule has 0 aromatic heterocycles. The molecule has 0 saturated carbocycles. The van der Waals surface area contributed by atoms with Crippen molar-refractivity contribution in [3.8, 4) is 0 Å². The van der Waals surface area contributed by atoms with Gasteiger partial charge in [0, 0.05) is 0 Å². The van der Waals surface area contributed by atoms with Crippen LogP contribution in [0, 0.1) is 0 Å². The van der Waals surface area contributed by atoms with Crippen LogP contribution in [0.1, 0.15) is 0 Å². The Hall–Kier alpha value is -0.800. The summed E-state index contributed by atoms with van der Waals surface area (Å²) in [4.78, 5) is 11.5. The first kappa shape index (κ1) is 10.7. The lowest BCUT2D eigenvalue weighted by molar-refractivity contribution is -0.153. The van der Waals surface area contributed by atoms with Gasteiger partial charge in [0.15, 0.2) is 5.11 Å². The molecular formula is C7H10N2O5S. The van der Waals surface area contributed by atoms with Gasteiger partial charge < -0.3 is 25.4 Å². The van der Waals surface area contributed by atoms with E-state index in [1.165, 1.54) is 0 Å². The number of carbonyl (C=O) groups excluding carboxylic acids is 1. The molecule has 1 unspecified atom stereocenters. The lowest BCUT2D eigenvalue weighted by atomic mass is 10.0. The summed E-state index contributed by atoms with van der Waals surface area (Å²) < 4.78 is 5.11. The van der Waals surface area contributed by atoms with E-state index in [-0.39, 0.29) is 5.11 Å². The standard InChI is InChI=1S/C7H10N2O5S/c10-1-2-3(11)4(12)7(14-2)5(13)8-6(15)9-7/h2-4,10-12H,1H2,(H2,8,9,13,15)/t2-,3-,4-,7?/m1/s1. The van der Waals surface area contributed by atoms with Gasteiger partial charge in [-0.3, -0.25) is 10.1 Å². The molecule has 2 saturated heterocycles. The van der Waals surface area contributed by atoms with Gasteiger partial charge in [-0.15, -0.1) is 0 Å². The largest absolute Gasteiger partial charge is 0.394 e. The van der Waals surface area contributed by atoms with Crippen LogP contribution in [0.3, 0.4) is 0 Å². The molecule has 2 rings (SSSR count). The van der Waals surface area contributed by atoms with Gasteiger partial charge in [-0.2, -0.15) is 0 Å². The predicted molar refractivity (Wildman–Crippen MR) is 50.6 cm³/mol. The fourth-order valence-electron chi connectivity index (χ4n) is 1.71. The summed E-state index contributed by atoms with van der Waals surface area (Å²) in [5.74, 6) is -0.671. The molecule has 2 fully saturated rings. The molecule has 0 aliphatic carbocycles. The van der Waals surface area contributed by atoms with Gasteiger partial charge in [-0.25, -0.2) is 0 Å². The first-order chi connectivity index (χ1) is 7.01. The molecule has 0 aromatic carbocycles. The van der Waals surface area contributed by atoms with Crippen LogP contribution in [0.5, 0.6) is 0 Å². The Morgan fingerprint density at radius 1 is 1.53 bits per heavy atom. The van der Waals surface area contributed by atoms with E-state index in [1.54, 1.807) is 0 Å². The summed E-state index contributed by atoms with van der Waals surface area (Å²) >= 11 is 4.69. The van der Waals surface area contributed by atoms with Crippen LogP contribution in [-0.4, -0.2) is 57.0 Å². The van der Waals surface area contributed by atoms with E-state index >= 15 is 0 Å². The molecule has 15 heavy (non-hydrogen) atoms. The van der Waals surface area contributed by atoms with Gasteiger partial charge in [-0.1, -0.05) is 0 Å². The number of ether oxygens (including phenoxy) is 1. The van der Waals surface area contributed by atoms with Crippen LogP contribution in [0.2, 0.25) is 0 Å². The van der Waals surface area contributed by atoms with Gasteiger partial charge in [-0.05, 0) is 12.2 Å². The van der Waals surface area contributed by atoms with Crippen LogP contribution in [0.25, 0.3) is 0 Å². The summed E-state index contributed by atoms with van der Waals surface area (Å²) in [7, 11) is 0. The van der Waals surface area contributed by atoms with Crippen molar-refractivity contribution < 1.29 is 24.9 Å². The minimum absolute atomic E-state index is 0.0184. The molecule has 0 radical (unpaired) electrons. The maximum atomic E-state index is 11.5. The summed E-state index contributed by atoms with van der Waals surface area (Å²) in [6.07, 6.45) is -3.83. The normalized spacial score (nSPS) is 44.6. The number of aliphatic hydroxyl groups is 3. The van der Waals surface area contributed by atoms with Gasteiger partial charge >= 0.3 is 0 Å². The second-order valence-corrected chi connectivity index (χ2v) is 3.83. The van der Waals surface area contributed by atoms with E-state index in [1.807, 2.05) is 0 Å². The highest BCUT2D eigenvalue weighted by molar-refractivity contribution is 7.80. The van der Waals surface area contributed by atoms with E-state index in [0.29, 0.717) is 0 Å². The van der Waals surface area contributed by atoms with Crippen molar-refractivity contribution in [3.05, 3.63) is 0 Å². The Morgan fingerprint density at radius 3 is 2.60 bits per heavy atom. The van der Waals surface area contributed by atoms with Crippen molar-refractivity contribution in [1.82, 2.24) is 10.6 Å². The molecule has 2 heterocycles. The van der Waals surface area contributed by atoms with Gasteiger partial charge in [0.2, 0.25) is 0 Å². The van der Waals surface area contributed by atoms with Crippen LogP contribution < -0.4 is 10.6 Å². The summed E-state index contributed by atoms with van der Waals surface area (Å²) in [6.45, 7) is -0.498. The van der Waals surface area contributed by atoms with Gasteiger partial charge in [0.1, 0.15) is 18.3 Å². The van der Waals surface area contributed by atoms with E-state index in [4.69, 9.17) is 22.1 Å². The second kappa shape index (κ2) is 3.35. The van der Waals surface area contributed by atoms with Crippen molar-refractivity contribution >= 4 is 23.2 Å². The third-order valence-electron chi connectivity index (χ3n) is 2.50. The highest BCUT2D eigenvalue weighted by atomic mass is 32.1. The van der Waals surface area contributed by atoms with Crippen LogP contribution in [0.15, 0.2) is 0 Å². The summed E-state index contributed by atoms with van der Waals surface area (Å²) in [6, 6.07) is 0. The Morgan fingerprint density at radius 2 is 2.20 bits per heavy atom. The number of rotatable bonds is 1. The first-order valence-corrected chi connectivity index (χ1v) is 4.70. The maximum absolute atomic E-state index is 11.5. The quantitative estimate of drug-likeness (QED) is 0.304. The number of amides is 1. The highest BCUT2D eigenvalue weighted by Crippen LogP contribution is 2.31. The Kier molecular flexibility index (Phi) is 2.40. The third kappa shape index (κ3) is 1.34. The molecule has 2 aliphatic heterocycles. The Balaban J connectivity index is 2.30. The number of hydrogen-bond donors (Lipinski definition) is 5. The lowest BCUT2D eigenvalue weighted by Crippen LogP contribution is -2.56. The fraction of sp³-hybridized carbons (Fsp3) is 0.714. The molecule has 4 atom stereocenters. The molecular weight excluding hydrogens is 224 g/mol. The maximum Gasteiger partial charge on any atom is 0.282 e. The molecule has 1 amide bonds. The smallest absolute Gasteiger partial charge is 0.282 e. The van der Waals surface area contributed by atoms with Crippen molar-refractivity contribution in [2.24, 2.45) is 0 Å². The number of hydrogen-bond acceptors (Lipinski definition) is 6. The van der Waals surface area contributed by atoms with Crippen LogP contribution in [0.4, 0.5) is 0 Å². The van der Waals surface area contributed by atoms with E-state index in [9.17, 15) is 15.0 Å². The van der Waals surface area contributed by atoms with E-state index < -0.39 is 36.6 Å². The minimum atomic E-state index is -1.77. The molecule has 84 valence electrons. The molecule has 2 aliphatic rings. The Bertz CT molecular complexity index is 325. The van der Waals surface area contributed by atoms with Crippen molar-refractivity contribution in [3.63, 3.8) is 0 Å². The first-order valence-electron chi connectivity index (χ1n) is 4.29. The number of thiocarbonyl (C=S) groups is 1. The molecule has 7 nitrogen and oxygen atoms in total. The van der Waals surface area contributed by atoms with Gasteiger partial charge in [0.05, 0.1) is 6.61 Å².